The van der Waals surface area contributed by atoms with Crippen LogP contribution in [0.5, 0.6) is 0 Å². The summed E-state index contributed by atoms with van der Waals surface area (Å²) in [5.41, 5.74) is 6.61. The van der Waals surface area contributed by atoms with Crippen molar-refractivity contribution in [1.29, 1.82) is 0 Å². The van der Waals surface area contributed by atoms with Gasteiger partial charge in [-0.25, -0.2) is 14.4 Å². The number of alkyl halides is 3. The number of halogens is 3. The molecule has 0 aromatic heterocycles. The van der Waals surface area contributed by atoms with E-state index in [1.807, 2.05) is 0 Å². The average Bonchev–Trinajstić information content (AvgIpc) is 3.15. The Balaban J connectivity index is 0.000000479. The summed E-state index contributed by atoms with van der Waals surface area (Å²) in [7, 11) is 0. The minimum Gasteiger partial charge on any atom is -0.477 e. The SMILES string of the molecule is C=CCOC(=O)N1CC(N2CC/C(=C\C3=C(C(=O)O)N4C(=O)[C@@H](N)[C@H]4SC3)C2=O)C1.O=C(O)C(F)(F)F. The second kappa shape index (κ2) is 10.8. The summed E-state index contributed by atoms with van der Waals surface area (Å²) in [6.45, 7) is 4.93. The molecule has 0 aliphatic carbocycles. The summed E-state index contributed by atoms with van der Waals surface area (Å²) in [5.74, 6) is -4.19. The highest BCUT2D eigenvalue weighted by Gasteiger charge is 2.51. The minimum absolute atomic E-state index is 0.0901. The number of ether oxygens (including phenoxy) is 1. The van der Waals surface area contributed by atoms with E-state index in [-0.39, 0.29) is 29.6 Å². The van der Waals surface area contributed by atoms with Gasteiger partial charge in [0.2, 0.25) is 11.8 Å². The normalized spacial score (nSPS) is 24.6. The highest BCUT2D eigenvalue weighted by molar-refractivity contribution is 8.00. The number of thioether (sulfide) groups is 1. The van der Waals surface area contributed by atoms with Gasteiger partial charge in [0.1, 0.15) is 23.7 Å². The molecule has 16 heteroatoms. The van der Waals surface area contributed by atoms with Crippen LogP contribution < -0.4 is 5.73 Å². The van der Waals surface area contributed by atoms with Gasteiger partial charge in [-0.1, -0.05) is 12.7 Å². The van der Waals surface area contributed by atoms with Gasteiger partial charge >= 0.3 is 24.2 Å². The van der Waals surface area contributed by atoms with Crippen LogP contribution in [-0.4, -0.2) is 110 Å². The zero-order valence-corrected chi connectivity index (χ0v) is 20.0. The molecule has 0 unspecified atom stereocenters. The summed E-state index contributed by atoms with van der Waals surface area (Å²) >= 11 is 1.40. The third kappa shape index (κ3) is 5.74. The van der Waals surface area contributed by atoms with Crippen LogP contribution in [0.15, 0.2) is 35.6 Å². The minimum atomic E-state index is -5.08. The van der Waals surface area contributed by atoms with Crippen LogP contribution in [0.25, 0.3) is 0 Å². The number of likely N-dealkylation sites (tertiary alicyclic amines) is 2. The summed E-state index contributed by atoms with van der Waals surface area (Å²) in [6.07, 6.45) is -1.95. The van der Waals surface area contributed by atoms with Crippen molar-refractivity contribution >= 4 is 41.6 Å². The molecule has 37 heavy (non-hydrogen) atoms. The van der Waals surface area contributed by atoms with E-state index in [1.165, 1.54) is 27.6 Å². The maximum atomic E-state index is 12.8. The largest absolute Gasteiger partial charge is 0.490 e. The van der Waals surface area contributed by atoms with Gasteiger partial charge in [-0.3, -0.25) is 14.5 Å². The summed E-state index contributed by atoms with van der Waals surface area (Å²) in [4.78, 5) is 61.8. The predicted molar refractivity (Wildman–Crippen MR) is 121 cm³/mol. The molecule has 4 N–H and O–H groups in total. The molecule has 0 aromatic carbocycles. The molecule has 3 amide bonds. The molecule has 0 aromatic rings. The summed E-state index contributed by atoms with van der Waals surface area (Å²) in [5, 5.41) is 16.4. The standard InChI is InChI=1S/C19H22N4O6S.C2HF3O2/c1-2-5-29-19(28)21-7-12(8-21)22-4-3-10(15(22)24)6-11-9-30-17-13(20)16(25)23(17)14(11)18(26)27;3-2(4,5)1(6)7/h2,6,12-13,17H,1,3-5,7-9,20H2,(H,26,27);(H,6,7)/b10-6+;/t13-,17-;/m1./s1. The number of carbonyl (C=O) groups excluding carboxylic acids is 3. The van der Waals surface area contributed by atoms with E-state index in [0.717, 1.165) is 0 Å². The van der Waals surface area contributed by atoms with Gasteiger partial charge in [-0.15, -0.1) is 11.8 Å². The van der Waals surface area contributed by atoms with Crippen molar-refractivity contribution in [3.05, 3.63) is 35.6 Å². The Morgan fingerprint density at radius 3 is 2.38 bits per heavy atom. The molecule has 0 bridgehead atoms. The molecule has 3 fully saturated rings. The van der Waals surface area contributed by atoms with Crippen molar-refractivity contribution in [2.24, 2.45) is 5.73 Å². The first-order valence-electron chi connectivity index (χ1n) is 10.8. The lowest BCUT2D eigenvalue weighted by Crippen LogP contribution is -2.68. The van der Waals surface area contributed by atoms with E-state index in [9.17, 15) is 37.5 Å². The molecule has 2 atom stereocenters. The Morgan fingerprint density at radius 1 is 1.22 bits per heavy atom. The number of amides is 3. The molecule has 4 aliphatic heterocycles. The van der Waals surface area contributed by atoms with Crippen molar-refractivity contribution in [3.8, 4) is 0 Å². The Labute approximate surface area is 212 Å². The number of hydrogen-bond acceptors (Lipinski definition) is 8. The second-order valence-corrected chi connectivity index (χ2v) is 9.37. The third-order valence-corrected chi connectivity index (χ3v) is 7.20. The van der Waals surface area contributed by atoms with Crippen LogP contribution in [0.3, 0.4) is 0 Å². The molecular weight excluding hydrogens is 525 g/mol. The number of fused-ring (bicyclic) bond motifs is 1. The Bertz CT molecular complexity index is 1090. The number of nitrogens with two attached hydrogens (primary N) is 1. The molecular formula is C21H23F3N4O8S. The van der Waals surface area contributed by atoms with E-state index < -0.39 is 36.2 Å². The van der Waals surface area contributed by atoms with E-state index in [2.05, 4.69) is 6.58 Å². The number of carboxylic acids is 2. The molecule has 0 radical (unpaired) electrons. The molecule has 0 spiro atoms. The van der Waals surface area contributed by atoms with Gasteiger partial charge in [0, 0.05) is 31.0 Å². The monoisotopic (exact) mass is 548 g/mol. The molecule has 4 heterocycles. The van der Waals surface area contributed by atoms with Gasteiger partial charge in [-0.2, -0.15) is 13.2 Å². The third-order valence-electron chi connectivity index (χ3n) is 5.88. The van der Waals surface area contributed by atoms with Crippen molar-refractivity contribution in [3.63, 3.8) is 0 Å². The van der Waals surface area contributed by atoms with Crippen LogP contribution in [0.1, 0.15) is 6.42 Å². The van der Waals surface area contributed by atoms with Crippen LogP contribution in [-0.2, 0) is 23.9 Å². The summed E-state index contributed by atoms with van der Waals surface area (Å²) in [6, 6.07) is -0.783. The number of hydrogen-bond donors (Lipinski definition) is 3. The maximum absolute atomic E-state index is 12.8. The molecule has 12 nitrogen and oxygen atoms in total. The molecule has 0 saturated carbocycles. The molecule has 4 aliphatic rings. The van der Waals surface area contributed by atoms with E-state index >= 15 is 0 Å². The van der Waals surface area contributed by atoms with Crippen LogP contribution >= 0.6 is 11.8 Å². The molecule has 4 rings (SSSR count). The van der Waals surface area contributed by atoms with Crippen LogP contribution in [0.2, 0.25) is 0 Å². The number of β-lactam (4-membered cyclic amide) rings is 1. The lowest BCUT2D eigenvalue weighted by molar-refractivity contribution is -0.192. The fourth-order valence-corrected chi connectivity index (χ4v) is 5.25. The number of carbonyl (C=O) groups is 5. The zero-order valence-electron chi connectivity index (χ0n) is 19.1. The second-order valence-electron chi connectivity index (χ2n) is 8.26. The smallest absolute Gasteiger partial charge is 0.477 e. The first-order chi connectivity index (χ1) is 17.3. The highest BCUT2D eigenvalue weighted by Crippen LogP contribution is 2.40. The molecule has 3 saturated heterocycles. The quantitative estimate of drug-likeness (QED) is 0.248. The zero-order chi connectivity index (χ0) is 27.7. The topological polar surface area (TPSA) is 171 Å². The van der Waals surface area contributed by atoms with Crippen molar-refractivity contribution in [1.82, 2.24) is 14.7 Å². The van der Waals surface area contributed by atoms with Gasteiger partial charge < -0.3 is 30.5 Å². The van der Waals surface area contributed by atoms with Crippen molar-refractivity contribution in [2.75, 3.05) is 32.0 Å². The van der Waals surface area contributed by atoms with Gasteiger partial charge in [0.15, 0.2) is 0 Å². The van der Waals surface area contributed by atoms with Crippen LogP contribution in [0.4, 0.5) is 18.0 Å². The first-order valence-corrected chi connectivity index (χ1v) is 11.8. The maximum Gasteiger partial charge on any atom is 0.490 e. The first kappa shape index (κ1) is 28.0. The van der Waals surface area contributed by atoms with Crippen molar-refractivity contribution in [2.45, 2.75) is 30.1 Å². The van der Waals surface area contributed by atoms with Crippen molar-refractivity contribution < 1.29 is 52.1 Å². The number of nitrogens with zero attached hydrogens (tertiary/aromatic N) is 3. The lowest BCUT2D eigenvalue weighted by atomic mass is 10.0. The van der Waals surface area contributed by atoms with Gasteiger partial charge in [0.05, 0.1) is 6.04 Å². The molecule has 202 valence electrons. The fraction of sp³-hybridized carbons (Fsp3) is 0.476. The van der Waals surface area contributed by atoms with E-state index in [0.29, 0.717) is 43.0 Å². The predicted octanol–water partition coefficient (Wildman–Crippen LogP) is 0.366. The van der Waals surface area contributed by atoms with Crippen LogP contribution in [0, 0.1) is 0 Å². The number of carboxylic acid groups (broad SMARTS) is 2. The Morgan fingerprint density at radius 2 is 1.84 bits per heavy atom. The van der Waals surface area contributed by atoms with Gasteiger partial charge in [-0.05, 0) is 18.1 Å². The lowest BCUT2D eigenvalue weighted by Gasteiger charge is -2.47. The van der Waals surface area contributed by atoms with Gasteiger partial charge in [0.25, 0.3) is 0 Å². The van der Waals surface area contributed by atoms with E-state index in [4.69, 9.17) is 20.4 Å². The highest BCUT2D eigenvalue weighted by atomic mass is 32.2. The summed E-state index contributed by atoms with van der Waals surface area (Å²) < 4.78 is 36.7. The Hall–Kier alpha value is -3.53. The fourth-order valence-electron chi connectivity index (χ4n) is 4.00. The average molecular weight is 548 g/mol. The number of rotatable bonds is 5. The number of allylic oxidation sites excluding steroid dienone is 1. The Kier molecular flexibility index (Phi) is 8.22. The van der Waals surface area contributed by atoms with E-state index in [1.54, 1.807) is 11.0 Å². The number of aliphatic carboxylic acids is 2.